The average Bonchev–Trinajstić information content (AvgIpc) is 2.18. The molecule has 10 heteroatoms. The monoisotopic (exact) mass is 334 g/mol. The molecule has 0 aliphatic carbocycles. The second kappa shape index (κ2) is 79.2. The summed E-state index contributed by atoms with van der Waals surface area (Å²) in [6, 6.07) is 0. The van der Waals surface area contributed by atoms with E-state index < -0.39 is 0 Å². The number of hydrogen-bond acceptors (Lipinski definition) is 9. The fraction of sp³-hybridized carbons (Fsp3) is 1.00. The van der Waals surface area contributed by atoms with Crippen LogP contribution in [0, 0.1) is 0 Å². The van der Waals surface area contributed by atoms with Crippen LogP contribution in [0.15, 0.2) is 0 Å². The third kappa shape index (κ3) is 236. The topological polar surface area (TPSA) is 246 Å². The first-order chi connectivity index (χ1) is 5.74. The molecule has 0 unspecified atom stereocenters. The van der Waals surface area contributed by atoms with Gasteiger partial charge in [-0.3, -0.25) is 0 Å². The van der Waals surface area contributed by atoms with Gasteiger partial charge in [-0.1, -0.05) is 0 Å². The molecule has 0 rings (SSSR count). The largest absolute Gasteiger partial charge is 3.00 e. The van der Waals surface area contributed by atoms with Crippen molar-refractivity contribution in [2.24, 2.45) is 34.4 Å². The summed E-state index contributed by atoms with van der Waals surface area (Å²) in [6.45, 7) is 3.58. The van der Waals surface area contributed by atoms with Crippen LogP contribution in [0.3, 0.4) is 0 Å². The van der Waals surface area contributed by atoms with Gasteiger partial charge in [-0.05, 0) is 0 Å². The van der Waals surface area contributed by atoms with E-state index in [1.54, 1.807) is 0 Å². The maximum atomic E-state index is 4.90. The molecule has 0 heterocycles. The van der Waals surface area contributed by atoms with Crippen LogP contribution in [0.2, 0.25) is 0 Å². The van der Waals surface area contributed by atoms with Crippen LogP contribution < -0.4 is 34.4 Å². The molecule has 9 nitrogen and oxygen atoms in total. The van der Waals surface area contributed by atoms with Crippen molar-refractivity contribution < 1.29 is 35.9 Å². The zero-order chi connectivity index (χ0) is 10.2. The Morgan fingerprint density at radius 1 is 0.375 bits per heavy atom. The minimum Gasteiger partial charge on any atom is -0.870 e. The molecule has 0 bridgehead atoms. The van der Waals surface area contributed by atoms with Crippen molar-refractivity contribution in [2.45, 2.75) is 0 Å². The molecule has 108 valence electrons. The first-order valence-corrected chi connectivity index (χ1v) is 3.95. The molecule has 0 fully saturated rings. The summed E-state index contributed by atoms with van der Waals surface area (Å²) in [4.78, 5) is 0. The van der Waals surface area contributed by atoms with Gasteiger partial charge in [-0.2, -0.15) is 0 Å². The molecule has 0 saturated carbocycles. The molecule has 0 aliphatic heterocycles. The van der Waals surface area contributed by atoms with Crippen molar-refractivity contribution in [1.82, 2.24) is 0 Å². The van der Waals surface area contributed by atoms with E-state index in [0.717, 1.165) is 0 Å². The third-order valence-corrected chi connectivity index (χ3v) is 0.500. The van der Waals surface area contributed by atoms with Gasteiger partial charge < -0.3 is 50.8 Å². The van der Waals surface area contributed by atoms with E-state index in [1.807, 2.05) is 0 Å². The van der Waals surface area contributed by atoms with Gasteiger partial charge in [-0.25, -0.2) is 0 Å². The second-order valence-corrected chi connectivity index (χ2v) is 1.73. The molecule has 0 aromatic carbocycles. The molecular weight excluding hydrogens is 307 g/mol. The summed E-state index contributed by atoms with van der Waals surface area (Å²) in [6.07, 6.45) is 0. The van der Waals surface area contributed by atoms with Gasteiger partial charge in [-0.15, -0.1) is 0 Å². The van der Waals surface area contributed by atoms with Gasteiger partial charge >= 0.3 is 19.5 Å². The first kappa shape index (κ1) is 44.2. The van der Waals surface area contributed by atoms with Gasteiger partial charge in [0.25, 0.3) is 0 Å². The van der Waals surface area contributed by atoms with E-state index in [4.69, 9.17) is 34.4 Å². The van der Waals surface area contributed by atoms with Crippen LogP contribution in [-0.2, 0) is 19.5 Å². The summed E-state index contributed by atoms with van der Waals surface area (Å²) in [7, 11) is 0. The maximum Gasteiger partial charge on any atom is 3.00 e. The quantitative estimate of drug-likeness (QED) is 0.276. The van der Waals surface area contributed by atoms with Crippen molar-refractivity contribution in [3.8, 4) is 0 Å². The predicted octanol–water partition coefficient (Wildman–Crippen LogP) is -3.82. The summed E-state index contributed by atoms with van der Waals surface area (Å²) >= 11 is 0. The first-order valence-electron chi connectivity index (χ1n) is 3.95. The van der Waals surface area contributed by atoms with Crippen LogP contribution in [0.25, 0.3) is 0 Å². The predicted molar refractivity (Wildman–Crippen MR) is 60.1 cm³/mol. The normalized spacial score (nSPS) is 5.62. The van der Waals surface area contributed by atoms with Gasteiger partial charge in [0, 0.05) is 39.3 Å². The molecular formula is C6H27N6O3Rh. The van der Waals surface area contributed by atoms with E-state index in [-0.39, 0.29) is 35.9 Å². The molecule has 0 aromatic rings. The second-order valence-electron chi connectivity index (χ2n) is 1.73. The number of rotatable bonds is 3. The van der Waals surface area contributed by atoms with Gasteiger partial charge in [0.1, 0.15) is 0 Å². The molecule has 0 atom stereocenters. The van der Waals surface area contributed by atoms with E-state index in [9.17, 15) is 0 Å². The Morgan fingerprint density at radius 3 is 0.438 bits per heavy atom. The summed E-state index contributed by atoms with van der Waals surface area (Å²) in [5.74, 6) is 0. The van der Waals surface area contributed by atoms with E-state index in [2.05, 4.69) is 0 Å². The minimum absolute atomic E-state index is 0. The van der Waals surface area contributed by atoms with E-state index >= 15 is 0 Å². The van der Waals surface area contributed by atoms with Crippen LogP contribution >= 0.6 is 0 Å². The Hall–Kier alpha value is 0.263. The van der Waals surface area contributed by atoms with Crippen molar-refractivity contribution >= 4 is 0 Å². The van der Waals surface area contributed by atoms with Gasteiger partial charge in [0.15, 0.2) is 0 Å². The molecule has 0 saturated heterocycles. The van der Waals surface area contributed by atoms with Crippen molar-refractivity contribution in [1.29, 1.82) is 0 Å². The Morgan fingerprint density at radius 2 is 0.438 bits per heavy atom. The molecule has 0 amide bonds. The van der Waals surface area contributed by atoms with Gasteiger partial charge in [0.05, 0.1) is 0 Å². The zero-order valence-electron chi connectivity index (χ0n) is 9.38. The molecule has 0 aromatic heterocycles. The Balaban J connectivity index is -0.0000000135. The van der Waals surface area contributed by atoms with Crippen molar-refractivity contribution in [2.75, 3.05) is 39.3 Å². The Bertz CT molecular complexity index is 43.7. The fourth-order valence-electron chi connectivity index (χ4n) is 0. The van der Waals surface area contributed by atoms with Crippen LogP contribution in [0.1, 0.15) is 0 Å². The van der Waals surface area contributed by atoms with Crippen LogP contribution in [0.4, 0.5) is 0 Å². The van der Waals surface area contributed by atoms with E-state index in [1.165, 1.54) is 0 Å². The summed E-state index contributed by atoms with van der Waals surface area (Å²) < 4.78 is 0. The molecule has 0 radical (unpaired) electrons. The van der Waals surface area contributed by atoms with Crippen LogP contribution in [-0.4, -0.2) is 55.7 Å². The van der Waals surface area contributed by atoms with E-state index in [0.29, 0.717) is 39.3 Å². The summed E-state index contributed by atoms with van der Waals surface area (Å²) in [5.41, 5.74) is 29.4. The molecule has 15 N–H and O–H groups in total. The zero-order valence-corrected chi connectivity index (χ0v) is 11.0. The van der Waals surface area contributed by atoms with Crippen molar-refractivity contribution in [3.05, 3.63) is 0 Å². The molecule has 16 heavy (non-hydrogen) atoms. The summed E-state index contributed by atoms with van der Waals surface area (Å²) in [5, 5.41) is 0. The number of hydrogen-bond donors (Lipinski definition) is 6. The third-order valence-electron chi connectivity index (χ3n) is 0.500. The number of nitrogens with two attached hydrogens (primary N) is 6. The maximum absolute atomic E-state index is 4.90. The Kier molecular flexibility index (Phi) is 218. The standard InChI is InChI=1S/3C2H8N2.3H2O.Rh/c3*3-1-2-4;;;;/h3*1-4H2;3*1H2;/q;;;;;;+3/p-3. The smallest absolute Gasteiger partial charge is 0.870 e. The SMILES string of the molecule is NCCN.NCCN.NCCN.[OH-].[OH-].[OH-].[Rh+3]. The van der Waals surface area contributed by atoms with Gasteiger partial charge in [0.2, 0.25) is 0 Å². The van der Waals surface area contributed by atoms with Crippen molar-refractivity contribution in [3.63, 3.8) is 0 Å². The average molecular weight is 334 g/mol. The minimum atomic E-state index is 0. The van der Waals surface area contributed by atoms with Crippen LogP contribution in [0.5, 0.6) is 0 Å². The molecule has 0 spiro atoms. The Labute approximate surface area is 110 Å². The fourth-order valence-corrected chi connectivity index (χ4v) is 0. The molecule has 0 aliphatic rings.